The molecule has 3 atom stereocenters. The van der Waals surface area contributed by atoms with Crippen LogP contribution in [0.3, 0.4) is 0 Å². The molecule has 36 heavy (non-hydrogen) atoms. The van der Waals surface area contributed by atoms with Gasteiger partial charge in [-0.3, -0.25) is 9.59 Å². The molecule has 1 aromatic heterocycles. The first kappa shape index (κ1) is 24.5. The Morgan fingerprint density at radius 3 is 2.72 bits per heavy atom. The summed E-state index contributed by atoms with van der Waals surface area (Å²) in [6.07, 6.45) is 6.29. The van der Waals surface area contributed by atoms with Crippen molar-refractivity contribution in [3.63, 3.8) is 0 Å². The van der Waals surface area contributed by atoms with Crippen LogP contribution in [0.15, 0.2) is 17.4 Å². The van der Waals surface area contributed by atoms with Gasteiger partial charge in [0.05, 0.1) is 18.8 Å². The average molecular weight is 499 g/mol. The van der Waals surface area contributed by atoms with E-state index < -0.39 is 23.5 Å². The number of fused-ring (bicyclic) bond motifs is 2. The summed E-state index contributed by atoms with van der Waals surface area (Å²) in [4.78, 5) is 42.7. The molecule has 1 saturated carbocycles. The average Bonchev–Trinajstić information content (AvgIpc) is 3.49. The van der Waals surface area contributed by atoms with Crippen molar-refractivity contribution in [1.29, 1.82) is 0 Å². The fourth-order valence-corrected chi connectivity index (χ4v) is 6.06. The number of pyridine rings is 1. The van der Waals surface area contributed by atoms with Crippen molar-refractivity contribution in [1.82, 2.24) is 21.0 Å². The third-order valence-corrected chi connectivity index (χ3v) is 7.94. The van der Waals surface area contributed by atoms with Crippen LogP contribution in [0.1, 0.15) is 56.6 Å². The van der Waals surface area contributed by atoms with Crippen LogP contribution in [-0.2, 0) is 19.1 Å². The summed E-state index contributed by atoms with van der Waals surface area (Å²) >= 11 is 0. The van der Waals surface area contributed by atoms with Crippen LogP contribution in [0.2, 0.25) is 0 Å². The molecule has 4 aliphatic rings. The number of hydrogen-bond donors (Lipinski definition) is 3. The van der Waals surface area contributed by atoms with Crippen LogP contribution in [-0.4, -0.2) is 72.6 Å². The zero-order valence-electron chi connectivity index (χ0n) is 21.0. The van der Waals surface area contributed by atoms with Gasteiger partial charge in [0.1, 0.15) is 11.5 Å². The first-order valence-electron chi connectivity index (χ1n) is 12.7. The van der Waals surface area contributed by atoms with E-state index in [0.717, 1.165) is 55.8 Å². The van der Waals surface area contributed by atoms with Gasteiger partial charge in [-0.1, -0.05) is 0 Å². The second-order valence-corrected chi connectivity index (χ2v) is 10.4. The highest BCUT2D eigenvalue weighted by Gasteiger charge is 2.47. The summed E-state index contributed by atoms with van der Waals surface area (Å²) in [6, 6.07) is 2.33. The minimum absolute atomic E-state index is 0.136. The van der Waals surface area contributed by atoms with Crippen LogP contribution in [0, 0.1) is 12.8 Å². The number of hydrogen-bond acceptors (Lipinski definition) is 8. The van der Waals surface area contributed by atoms with Crippen molar-refractivity contribution in [2.24, 2.45) is 11.0 Å². The Morgan fingerprint density at radius 2 is 2.08 bits per heavy atom. The Labute approximate surface area is 210 Å². The Bertz CT molecular complexity index is 1080. The Balaban J connectivity index is 1.27. The molecule has 3 fully saturated rings. The molecular weight excluding hydrogens is 464 g/mol. The smallest absolute Gasteiger partial charge is 0.428 e. The number of nitrogens with one attached hydrogen (secondary N) is 3. The van der Waals surface area contributed by atoms with Crippen molar-refractivity contribution < 1.29 is 23.9 Å². The first-order chi connectivity index (χ1) is 17.3. The van der Waals surface area contributed by atoms with Gasteiger partial charge in [-0.25, -0.2) is 15.2 Å². The van der Waals surface area contributed by atoms with Gasteiger partial charge in [0.15, 0.2) is 5.60 Å². The van der Waals surface area contributed by atoms with E-state index in [1.807, 2.05) is 20.0 Å². The number of rotatable bonds is 5. The van der Waals surface area contributed by atoms with Gasteiger partial charge in [0, 0.05) is 31.4 Å². The molecular formula is C25H34N6O5. The van der Waals surface area contributed by atoms with E-state index in [1.165, 1.54) is 7.05 Å². The predicted octanol–water partition coefficient (Wildman–Crippen LogP) is 1.38. The fraction of sp³-hybridized carbons (Fsp3) is 0.640. The van der Waals surface area contributed by atoms with Crippen molar-refractivity contribution in [3.8, 4) is 0 Å². The maximum absolute atomic E-state index is 12.2. The molecule has 2 saturated heterocycles. The third kappa shape index (κ3) is 4.63. The predicted molar refractivity (Wildman–Crippen MR) is 132 cm³/mol. The zero-order valence-corrected chi connectivity index (χ0v) is 21.0. The van der Waals surface area contributed by atoms with Gasteiger partial charge in [-0.05, 0) is 69.9 Å². The SMILES string of the molecule is CNC(=O)C(=O)N[C@@H](C)CC1CCC2(CC1)OC(=O)NN=C2c1cnc(N2C[C@@H]3C[C@H]2CO3)cc1C. The van der Waals surface area contributed by atoms with Crippen LogP contribution in [0.25, 0.3) is 0 Å². The van der Waals surface area contributed by atoms with Gasteiger partial charge >= 0.3 is 17.9 Å². The molecule has 0 unspecified atom stereocenters. The molecule has 11 heteroatoms. The number of ether oxygens (including phenoxy) is 2. The lowest BCUT2D eigenvalue weighted by Gasteiger charge is -2.42. The molecule has 3 amide bonds. The molecule has 1 aliphatic carbocycles. The number of amides is 3. The maximum Gasteiger partial charge on any atom is 0.428 e. The maximum atomic E-state index is 12.2. The van der Waals surface area contributed by atoms with E-state index in [1.54, 1.807) is 0 Å². The molecule has 3 aliphatic heterocycles. The molecule has 0 aromatic carbocycles. The number of likely N-dealkylation sites (N-methyl/N-ethyl adjacent to an activating group) is 1. The largest absolute Gasteiger partial charge is 0.435 e. The highest BCUT2D eigenvalue weighted by Crippen LogP contribution is 2.41. The van der Waals surface area contributed by atoms with Crippen molar-refractivity contribution in [3.05, 3.63) is 23.4 Å². The summed E-state index contributed by atoms with van der Waals surface area (Å²) in [6.45, 7) is 5.56. The summed E-state index contributed by atoms with van der Waals surface area (Å²) in [7, 11) is 1.43. The van der Waals surface area contributed by atoms with Gasteiger partial charge in [0.25, 0.3) is 0 Å². The molecule has 1 spiro atoms. The number of hydrazone groups is 1. The topological polar surface area (TPSA) is 134 Å². The molecule has 2 bridgehead atoms. The van der Waals surface area contributed by atoms with Gasteiger partial charge in [-0.2, -0.15) is 5.10 Å². The standard InChI is InChI=1S/C25H34N6O5/c1-14-8-20(31-12-18-10-17(31)13-35-18)27-11-19(14)21-25(36-24(34)30-29-21)6-4-16(5-7-25)9-15(2)28-23(33)22(32)26-3/h8,11,15-18H,4-7,9-10,12-13H2,1-3H3,(H,26,32)(H,28,33)(H,30,34)/t15-,16?,17-,18-,25?/m0/s1. The molecule has 0 radical (unpaired) electrons. The van der Waals surface area contributed by atoms with Crippen LogP contribution >= 0.6 is 0 Å². The van der Waals surface area contributed by atoms with Crippen molar-refractivity contribution in [2.75, 3.05) is 25.1 Å². The lowest BCUT2D eigenvalue weighted by molar-refractivity contribution is -0.139. The molecule has 11 nitrogen and oxygen atoms in total. The lowest BCUT2D eigenvalue weighted by atomic mass is 9.72. The second-order valence-electron chi connectivity index (χ2n) is 10.4. The first-order valence-corrected chi connectivity index (χ1v) is 12.7. The van der Waals surface area contributed by atoms with E-state index in [0.29, 0.717) is 36.6 Å². The number of anilines is 1. The van der Waals surface area contributed by atoms with E-state index >= 15 is 0 Å². The number of carbonyl (C=O) groups excluding carboxylic acids is 3. The summed E-state index contributed by atoms with van der Waals surface area (Å²) in [5.74, 6) is 0.00555. The highest BCUT2D eigenvalue weighted by atomic mass is 16.6. The summed E-state index contributed by atoms with van der Waals surface area (Å²) < 4.78 is 11.6. The van der Waals surface area contributed by atoms with E-state index in [2.05, 4.69) is 32.1 Å². The van der Waals surface area contributed by atoms with Crippen LogP contribution < -0.4 is 21.0 Å². The molecule has 194 valence electrons. The highest BCUT2D eigenvalue weighted by molar-refractivity contribution is 6.35. The van der Waals surface area contributed by atoms with Crippen molar-refractivity contribution in [2.45, 2.75) is 76.2 Å². The minimum Gasteiger partial charge on any atom is -0.435 e. The second kappa shape index (κ2) is 9.68. The Morgan fingerprint density at radius 1 is 1.31 bits per heavy atom. The number of aryl methyl sites for hydroxylation is 1. The quantitative estimate of drug-likeness (QED) is 0.522. The van der Waals surface area contributed by atoms with Gasteiger partial charge in [-0.15, -0.1) is 0 Å². The third-order valence-electron chi connectivity index (χ3n) is 7.94. The normalized spacial score (nSPS) is 29.9. The van der Waals surface area contributed by atoms with Crippen LogP contribution in [0.5, 0.6) is 0 Å². The van der Waals surface area contributed by atoms with Crippen molar-refractivity contribution >= 4 is 29.4 Å². The van der Waals surface area contributed by atoms with E-state index in [-0.39, 0.29) is 6.04 Å². The molecule has 5 rings (SSSR count). The number of morpholine rings is 1. The van der Waals surface area contributed by atoms with Gasteiger partial charge < -0.3 is 25.0 Å². The number of carbonyl (C=O) groups is 3. The lowest BCUT2D eigenvalue weighted by Crippen LogP contribution is -2.53. The Kier molecular flexibility index (Phi) is 6.59. The molecule has 1 aromatic rings. The van der Waals surface area contributed by atoms with Crippen LogP contribution in [0.4, 0.5) is 10.6 Å². The summed E-state index contributed by atoms with van der Waals surface area (Å²) in [5, 5.41) is 9.54. The zero-order chi connectivity index (χ0) is 25.4. The van der Waals surface area contributed by atoms with E-state index in [4.69, 9.17) is 14.5 Å². The monoisotopic (exact) mass is 498 g/mol. The fourth-order valence-electron chi connectivity index (χ4n) is 6.06. The molecule has 3 N–H and O–H groups in total. The number of nitrogens with zero attached hydrogens (tertiary/aromatic N) is 3. The van der Waals surface area contributed by atoms with E-state index in [9.17, 15) is 14.4 Å². The minimum atomic E-state index is -0.804. The summed E-state index contributed by atoms with van der Waals surface area (Å²) in [5.41, 5.74) is 4.31. The van der Waals surface area contributed by atoms with Gasteiger partial charge in [0.2, 0.25) is 0 Å². The Hall–Kier alpha value is -3.21. The number of aromatic nitrogens is 1. The molecule has 4 heterocycles.